The fourth-order valence-electron chi connectivity index (χ4n) is 3.35. The van der Waals surface area contributed by atoms with Crippen molar-refractivity contribution in [1.82, 2.24) is 15.3 Å². The lowest BCUT2D eigenvalue weighted by molar-refractivity contribution is -0.127. The van der Waals surface area contributed by atoms with Crippen LogP contribution < -0.4 is 20.5 Å². The van der Waals surface area contributed by atoms with Gasteiger partial charge in [0, 0.05) is 6.54 Å². The number of hydrogen-bond acceptors (Lipinski definition) is 5. The summed E-state index contributed by atoms with van der Waals surface area (Å²) in [6.45, 7) is 3.37. The van der Waals surface area contributed by atoms with Crippen LogP contribution in [-0.4, -0.2) is 35.1 Å². The van der Waals surface area contributed by atoms with Gasteiger partial charge < -0.3 is 19.9 Å². The second kappa shape index (κ2) is 7.72. The number of amides is 1. The molecule has 2 N–H and O–H groups in total. The smallest absolute Gasteiger partial charge is 0.262 e. The number of aromatic nitrogens is 2. The third-order valence-corrected chi connectivity index (χ3v) is 4.71. The number of carbonyl (C=O) groups is 1. The number of rotatable bonds is 5. The van der Waals surface area contributed by atoms with Crippen LogP contribution in [0.5, 0.6) is 5.75 Å². The Balaban J connectivity index is 1.64. The van der Waals surface area contributed by atoms with E-state index >= 15 is 0 Å². The molecule has 1 aliphatic heterocycles. The molecule has 3 aromatic rings. The molecule has 0 unspecified atom stereocenters. The first-order valence-corrected chi connectivity index (χ1v) is 9.42. The summed E-state index contributed by atoms with van der Waals surface area (Å²) in [5, 5.41) is 3.45. The Hall–Kier alpha value is -3.35. The van der Waals surface area contributed by atoms with Gasteiger partial charge in [0.25, 0.3) is 11.5 Å². The average Bonchev–Trinajstić information content (AvgIpc) is 2.72. The lowest BCUT2D eigenvalue weighted by Gasteiger charge is -2.35. The molecule has 7 nitrogen and oxygen atoms in total. The van der Waals surface area contributed by atoms with E-state index in [0.717, 1.165) is 12.1 Å². The minimum absolute atomic E-state index is 0.138. The van der Waals surface area contributed by atoms with Crippen LogP contribution in [0.2, 0.25) is 0 Å². The molecule has 0 aliphatic carbocycles. The quantitative estimate of drug-likeness (QED) is 0.711. The molecular formula is C21H22N4O3. The second-order valence-corrected chi connectivity index (χ2v) is 6.78. The molecule has 2 heterocycles. The van der Waals surface area contributed by atoms with Gasteiger partial charge in [-0.3, -0.25) is 9.59 Å². The van der Waals surface area contributed by atoms with Crippen molar-refractivity contribution in [3.05, 3.63) is 64.7 Å². The molecule has 7 heteroatoms. The number of nitrogens with one attached hydrogen (secondary N) is 2. The zero-order valence-electron chi connectivity index (χ0n) is 15.6. The number of ether oxygens (including phenoxy) is 1. The first-order valence-electron chi connectivity index (χ1n) is 9.42. The van der Waals surface area contributed by atoms with Crippen LogP contribution in [0.3, 0.4) is 0 Å². The van der Waals surface area contributed by atoms with Gasteiger partial charge in [0.05, 0.1) is 29.7 Å². The summed E-state index contributed by atoms with van der Waals surface area (Å²) in [6.07, 6.45) is 0.245. The van der Waals surface area contributed by atoms with Crippen LogP contribution in [0.15, 0.2) is 53.3 Å². The van der Waals surface area contributed by atoms with E-state index in [1.807, 2.05) is 54.3 Å². The monoisotopic (exact) mass is 378 g/mol. The molecule has 0 radical (unpaired) electrons. The van der Waals surface area contributed by atoms with Crippen molar-refractivity contribution < 1.29 is 9.53 Å². The zero-order valence-corrected chi connectivity index (χ0v) is 15.6. The minimum Gasteiger partial charge on any atom is -0.477 e. The van der Waals surface area contributed by atoms with Crippen molar-refractivity contribution >= 4 is 22.5 Å². The van der Waals surface area contributed by atoms with E-state index in [1.54, 1.807) is 6.07 Å². The topological polar surface area (TPSA) is 87.3 Å². The van der Waals surface area contributed by atoms with Gasteiger partial charge in [-0.05, 0) is 30.7 Å². The highest BCUT2D eigenvalue weighted by atomic mass is 16.5. The maximum atomic E-state index is 12.5. The molecule has 1 amide bonds. The normalized spacial score (nSPS) is 15.8. The maximum absolute atomic E-state index is 12.5. The van der Waals surface area contributed by atoms with E-state index in [-0.39, 0.29) is 11.5 Å². The fraction of sp³-hybridized carbons (Fsp3) is 0.286. The summed E-state index contributed by atoms with van der Waals surface area (Å²) in [4.78, 5) is 34.3. The third-order valence-electron chi connectivity index (χ3n) is 4.71. The highest BCUT2D eigenvalue weighted by Crippen LogP contribution is 2.33. The van der Waals surface area contributed by atoms with Gasteiger partial charge in [0.15, 0.2) is 6.10 Å². The Morgan fingerprint density at radius 2 is 2.04 bits per heavy atom. The SMILES string of the molecule is CCCNC(=O)[C@H]1CN(Cc2nc3ccccc3c(=O)[nH]2)c2ccccc2O1. The largest absolute Gasteiger partial charge is 0.477 e. The Morgan fingerprint density at radius 3 is 2.89 bits per heavy atom. The highest BCUT2D eigenvalue weighted by Gasteiger charge is 2.30. The molecule has 4 rings (SSSR count). The van der Waals surface area contributed by atoms with E-state index < -0.39 is 6.10 Å². The van der Waals surface area contributed by atoms with Crippen LogP contribution in [0.25, 0.3) is 10.9 Å². The summed E-state index contributed by atoms with van der Waals surface area (Å²) < 4.78 is 5.91. The number of carbonyl (C=O) groups excluding carboxylic acids is 1. The minimum atomic E-state index is -0.617. The molecule has 144 valence electrons. The van der Waals surface area contributed by atoms with Gasteiger partial charge in [-0.15, -0.1) is 0 Å². The molecule has 1 aliphatic rings. The first kappa shape index (κ1) is 18.0. The zero-order chi connectivity index (χ0) is 19.5. The van der Waals surface area contributed by atoms with Crippen LogP contribution in [0.4, 0.5) is 5.69 Å². The lowest BCUT2D eigenvalue weighted by Crippen LogP contribution is -2.49. The summed E-state index contributed by atoms with van der Waals surface area (Å²) in [5.41, 5.74) is 1.36. The van der Waals surface area contributed by atoms with Crippen molar-refractivity contribution in [1.29, 1.82) is 0 Å². The van der Waals surface area contributed by atoms with E-state index in [4.69, 9.17) is 4.74 Å². The molecule has 28 heavy (non-hydrogen) atoms. The van der Waals surface area contributed by atoms with Gasteiger partial charge in [0.2, 0.25) is 0 Å². The number of anilines is 1. The number of hydrogen-bond donors (Lipinski definition) is 2. The summed E-state index contributed by atoms with van der Waals surface area (Å²) >= 11 is 0. The summed E-state index contributed by atoms with van der Waals surface area (Å²) in [5.74, 6) is 1.06. The highest BCUT2D eigenvalue weighted by molar-refractivity contribution is 5.83. The number of benzene rings is 2. The fourth-order valence-corrected chi connectivity index (χ4v) is 3.35. The maximum Gasteiger partial charge on any atom is 0.262 e. The van der Waals surface area contributed by atoms with Gasteiger partial charge >= 0.3 is 0 Å². The van der Waals surface area contributed by atoms with Gasteiger partial charge in [0.1, 0.15) is 11.6 Å². The Kier molecular flexibility index (Phi) is 4.97. The van der Waals surface area contributed by atoms with E-state index in [1.165, 1.54) is 0 Å². The summed E-state index contributed by atoms with van der Waals surface area (Å²) in [6, 6.07) is 14.8. The molecule has 0 fully saturated rings. The average molecular weight is 378 g/mol. The van der Waals surface area contributed by atoms with E-state index in [9.17, 15) is 9.59 Å². The van der Waals surface area contributed by atoms with Crippen LogP contribution in [0.1, 0.15) is 19.2 Å². The third kappa shape index (κ3) is 3.55. The predicted molar refractivity (Wildman–Crippen MR) is 108 cm³/mol. The molecule has 1 atom stereocenters. The van der Waals surface area contributed by atoms with Gasteiger partial charge in [-0.2, -0.15) is 0 Å². The van der Waals surface area contributed by atoms with Crippen molar-refractivity contribution in [2.75, 3.05) is 18.0 Å². The number of nitrogens with zero attached hydrogens (tertiary/aromatic N) is 2. The number of fused-ring (bicyclic) bond motifs is 2. The van der Waals surface area contributed by atoms with E-state index in [2.05, 4.69) is 15.3 Å². The number of para-hydroxylation sites is 3. The van der Waals surface area contributed by atoms with Crippen LogP contribution in [-0.2, 0) is 11.3 Å². The molecule has 0 spiro atoms. The predicted octanol–water partition coefficient (Wildman–Crippen LogP) is 2.22. The molecule has 2 aromatic carbocycles. The van der Waals surface area contributed by atoms with E-state index in [0.29, 0.717) is 42.1 Å². The molecule has 0 bridgehead atoms. The van der Waals surface area contributed by atoms with Crippen molar-refractivity contribution in [3.8, 4) is 5.75 Å². The standard InChI is InChI=1S/C21H22N4O3/c1-2-11-22-21(27)18-12-25(16-9-5-6-10-17(16)28-18)13-19-23-15-8-4-3-7-14(15)20(26)24-19/h3-10,18H,2,11-13H2,1H3,(H,22,27)(H,23,24,26)/t18-/m1/s1. The van der Waals surface area contributed by atoms with Gasteiger partial charge in [-0.25, -0.2) is 4.98 Å². The van der Waals surface area contributed by atoms with Crippen molar-refractivity contribution in [2.24, 2.45) is 0 Å². The Bertz CT molecular complexity index is 1060. The van der Waals surface area contributed by atoms with Crippen LogP contribution >= 0.6 is 0 Å². The molecule has 0 saturated heterocycles. The lowest BCUT2D eigenvalue weighted by atomic mass is 10.1. The molecular weight excluding hydrogens is 356 g/mol. The Labute approximate surface area is 162 Å². The molecule has 1 aromatic heterocycles. The summed E-state index contributed by atoms with van der Waals surface area (Å²) in [7, 11) is 0. The van der Waals surface area contributed by atoms with Crippen LogP contribution in [0, 0.1) is 0 Å². The molecule has 0 saturated carbocycles. The van der Waals surface area contributed by atoms with Crippen molar-refractivity contribution in [2.45, 2.75) is 26.0 Å². The Morgan fingerprint density at radius 1 is 1.25 bits per heavy atom. The second-order valence-electron chi connectivity index (χ2n) is 6.78. The van der Waals surface area contributed by atoms with Crippen molar-refractivity contribution in [3.63, 3.8) is 0 Å². The number of H-pyrrole nitrogens is 1. The first-order chi connectivity index (χ1) is 13.7. The number of aromatic amines is 1. The van der Waals surface area contributed by atoms with Gasteiger partial charge in [-0.1, -0.05) is 31.2 Å².